The van der Waals surface area contributed by atoms with Crippen LogP contribution in [0.2, 0.25) is 0 Å². The maximum absolute atomic E-state index is 13.3. The van der Waals surface area contributed by atoms with Gasteiger partial charge in [0.1, 0.15) is 0 Å². The normalized spacial score (nSPS) is 19.7. The lowest BCUT2D eigenvalue weighted by Crippen LogP contribution is -2.62. The van der Waals surface area contributed by atoms with Crippen LogP contribution in [0.5, 0.6) is 0 Å². The Morgan fingerprint density at radius 1 is 1.62 bits per heavy atom. The molecule has 0 unspecified atom stereocenters. The summed E-state index contributed by atoms with van der Waals surface area (Å²) in [5.74, 6) is -0.131. The van der Waals surface area contributed by atoms with Crippen LogP contribution in [0.3, 0.4) is 0 Å². The van der Waals surface area contributed by atoms with Crippen LogP contribution in [-0.2, 0) is 4.79 Å². The highest BCUT2D eigenvalue weighted by molar-refractivity contribution is 5.78. The van der Waals surface area contributed by atoms with Gasteiger partial charge in [0.2, 0.25) is 5.91 Å². The molecule has 0 bridgehead atoms. The third kappa shape index (κ3) is 3.28. The van der Waals surface area contributed by atoms with Crippen LogP contribution in [0, 0.1) is 0 Å². The Morgan fingerprint density at radius 2 is 2.23 bits per heavy atom. The topological polar surface area (TPSA) is 44.4 Å². The molecule has 13 heavy (non-hydrogen) atoms. The minimum Gasteiger partial charge on any atom is -0.352 e. The number of nitrogens with one attached hydrogen (secondary N) is 2. The molecule has 0 aromatic rings. The Hall–Kier alpha value is -0.680. The van der Waals surface area contributed by atoms with E-state index in [9.17, 15) is 9.18 Å². The molecule has 1 aliphatic heterocycles. The molecule has 76 valence electrons. The minimum absolute atomic E-state index is 0.118. The van der Waals surface area contributed by atoms with E-state index in [1.165, 1.54) is 0 Å². The van der Waals surface area contributed by atoms with Gasteiger partial charge in [-0.1, -0.05) is 0 Å². The van der Waals surface area contributed by atoms with Crippen molar-refractivity contribution >= 4 is 5.91 Å². The zero-order valence-electron chi connectivity index (χ0n) is 8.06. The molecule has 0 spiro atoms. The van der Waals surface area contributed by atoms with Gasteiger partial charge in [-0.05, 0) is 14.1 Å². The van der Waals surface area contributed by atoms with E-state index in [0.29, 0.717) is 19.6 Å². The fourth-order valence-electron chi connectivity index (χ4n) is 1.12. The van der Waals surface area contributed by atoms with E-state index >= 15 is 0 Å². The van der Waals surface area contributed by atoms with Crippen molar-refractivity contribution in [2.75, 3.05) is 40.3 Å². The van der Waals surface area contributed by atoms with Crippen molar-refractivity contribution in [1.82, 2.24) is 15.5 Å². The number of hydrogen-bond donors (Lipinski definition) is 2. The molecule has 1 saturated heterocycles. The van der Waals surface area contributed by atoms with Gasteiger partial charge < -0.3 is 15.5 Å². The summed E-state index contributed by atoms with van der Waals surface area (Å²) in [7, 11) is 3.60. The maximum Gasteiger partial charge on any atom is 0.234 e. The molecule has 0 atom stereocenters. The number of carbonyl (C=O) groups is 1. The molecule has 2 N–H and O–H groups in total. The predicted octanol–water partition coefficient (Wildman–Crippen LogP) is -1.02. The first-order chi connectivity index (χ1) is 6.02. The number of alkyl halides is 1. The average molecular weight is 189 g/mol. The van der Waals surface area contributed by atoms with Gasteiger partial charge >= 0.3 is 0 Å². The summed E-state index contributed by atoms with van der Waals surface area (Å²) < 4.78 is 13.3. The van der Waals surface area contributed by atoms with Gasteiger partial charge in [0, 0.05) is 13.1 Å². The molecule has 1 fully saturated rings. The summed E-state index contributed by atoms with van der Waals surface area (Å²) in [6.07, 6.45) is 0. The van der Waals surface area contributed by atoms with E-state index in [-0.39, 0.29) is 12.5 Å². The zero-order valence-corrected chi connectivity index (χ0v) is 8.06. The van der Waals surface area contributed by atoms with Crippen LogP contribution < -0.4 is 10.6 Å². The van der Waals surface area contributed by atoms with Crippen molar-refractivity contribution < 1.29 is 9.18 Å². The van der Waals surface area contributed by atoms with Gasteiger partial charge in [-0.15, -0.1) is 0 Å². The first-order valence-corrected chi connectivity index (χ1v) is 4.33. The zero-order chi connectivity index (χ0) is 9.90. The first kappa shape index (κ1) is 10.4. The minimum atomic E-state index is -1.22. The Kier molecular flexibility index (Phi) is 3.22. The molecule has 4 nitrogen and oxygen atoms in total. The molecular weight excluding hydrogens is 173 g/mol. The highest BCUT2D eigenvalue weighted by Gasteiger charge is 2.36. The molecule has 0 aliphatic carbocycles. The smallest absolute Gasteiger partial charge is 0.234 e. The lowest BCUT2D eigenvalue weighted by atomic mass is 10.00. The van der Waals surface area contributed by atoms with Crippen molar-refractivity contribution in [3.05, 3.63) is 0 Å². The van der Waals surface area contributed by atoms with Crippen LogP contribution in [0.25, 0.3) is 0 Å². The second-order valence-corrected chi connectivity index (χ2v) is 3.77. The number of rotatable bonds is 4. The summed E-state index contributed by atoms with van der Waals surface area (Å²) in [6.45, 7) is 1.11. The number of halogens is 1. The van der Waals surface area contributed by atoms with E-state index in [1.807, 2.05) is 0 Å². The summed E-state index contributed by atoms with van der Waals surface area (Å²) in [4.78, 5) is 12.8. The number of likely N-dealkylation sites (N-methyl/N-ethyl adjacent to an activating group) is 1. The second-order valence-electron chi connectivity index (χ2n) is 3.77. The van der Waals surface area contributed by atoms with Gasteiger partial charge in [-0.2, -0.15) is 0 Å². The number of amides is 1. The largest absolute Gasteiger partial charge is 0.352 e. The van der Waals surface area contributed by atoms with Crippen LogP contribution >= 0.6 is 0 Å². The van der Waals surface area contributed by atoms with Crippen molar-refractivity contribution in [2.24, 2.45) is 0 Å². The quantitative estimate of drug-likeness (QED) is 0.595. The Balaban J connectivity index is 2.14. The molecule has 1 heterocycles. The molecule has 1 aliphatic rings. The SMILES string of the molecule is CN(C)CC(=O)NCC1(F)CNC1. The van der Waals surface area contributed by atoms with Crippen LogP contribution in [0.15, 0.2) is 0 Å². The van der Waals surface area contributed by atoms with Crippen molar-refractivity contribution in [1.29, 1.82) is 0 Å². The van der Waals surface area contributed by atoms with Crippen LogP contribution in [0.1, 0.15) is 0 Å². The van der Waals surface area contributed by atoms with Crippen LogP contribution in [0.4, 0.5) is 4.39 Å². The molecular formula is C8H16FN3O. The molecule has 1 rings (SSSR count). The fraction of sp³-hybridized carbons (Fsp3) is 0.875. The van der Waals surface area contributed by atoms with Gasteiger partial charge in [-0.25, -0.2) is 4.39 Å². The average Bonchev–Trinajstić information content (AvgIpc) is 1.96. The van der Waals surface area contributed by atoms with E-state index in [0.717, 1.165) is 0 Å². The third-order valence-electron chi connectivity index (χ3n) is 1.95. The van der Waals surface area contributed by atoms with Gasteiger partial charge in [-0.3, -0.25) is 4.79 Å². The molecule has 0 aromatic heterocycles. The van der Waals surface area contributed by atoms with Crippen LogP contribution in [-0.4, -0.2) is 56.8 Å². The van der Waals surface area contributed by atoms with Crippen molar-refractivity contribution in [3.8, 4) is 0 Å². The number of nitrogens with zero attached hydrogens (tertiary/aromatic N) is 1. The molecule has 0 saturated carbocycles. The summed E-state index contributed by atoms with van der Waals surface area (Å²) in [5.41, 5.74) is -1.22. The third-order valence-corrected chi connectivity index (χ3v) is 1.95. The summed E-state index contributed by atoms with van der Waals surface area (Å²) in [6, 6.07) is 0. The van der Waals surface area contributed by atoms with E-state index in [1.54, 1.807) is 19.0 Å². The lowest BCUT2D eigenvalue weighted by molar-refractivity contribution is -0.122. The predicted molar refractivity (Wildman–Crippen MR) is 48.3 cm³/mol. The number of carbonyl (C=O) groups excluding carboxylic acids is 1. The van der Waals surface area contributed by atoms with E-state index < -0.39 is 5.67 Å². The van der Waals surface area contributed by atoms with Gasteiger partial charge in [0.15, 0.2) is 5.67 Å². The Labute approximate surface area is 77.5 Å². The summed E-state index contributed by atoms with van der Waals surface area (Å²) >= 11 is 0. The lowest BCUT2D eigenvalue weighted by Gasteiger charge is -2.34. The molecule has 1 amide bonds. The van der Waals surface area contributed by atoms with Crippen molar-refractivity contribution in [3.63, 3.8) is 0 Å². The Bertz CT molecular complexity index is 192. The van der Waals surface area contributed by atoms with Gasteiger partial charge in [0.05, 0.1) is 13.1 Å². The number of hydrogen-bond acceptors (Lipinski definition) is 3. The Morgan fingerprint density at radius 3 is 2.62 bits per heavy atom. The molecule has 0 radical (unpaired) electrons. The standard InChI is InChI=1S/C8H16FN3O/c1-12(2)3-7(13)11-6-8(9)4-10-5-8/h10H,3-6H2,1-2H3,(H,11,13). The van der Waals surface area contributed by atoms with Crippen molar-refractivity contribution in [2.45, 2.75) is 5.67 Å². The monoisotopic (exact) mass is 189 g/mol. The van der Waals surface area contributed by atoms with E-state index in [4.69, 9.17) is 0 Å². The maximum atomic E-state index is 13.3. The fourth-order valence-corrected chi connectivity index (χ4v) is 1.12. The summed E-state index contributed by atoms with van der Waals surface area (Å²) in [5, 5.41) is 5.39. The van der Waals surface area contributed by atoms with Gasteiger partial charge in [0.25, 0.3) is 0 Å². The molecule has 5 heteroatoms. The van der Waals surface area contributed by atoms with E-state index in [2.05, 4.69) is 10.6 Å². The highest BCUT2D eigenvalue weighted by Crippen LogP contribution is 2.14. The second kappa shape index (κ2) is 4.02. The first-order valence-electron chi connectivity index (χ1n) is 4.33. The molecule has 0 aromatic carbocycles. The highest BCUT2D eigenvalue weighted by atomic mass is 19.1.